The molecule has 0 atom stereocenters. The number of hydrogen-bond donors (Lipinski definition) is 1. The maximum absolute atomic E-state index is 6.09. The van der Waals surface area contributed by atoms with E-state index in [1.165, 1.54) is 48.8 Å². The molecule has 0 bridgehead atoms. The topological polar surface area (TPSA) is 26.0 Å². The smallest absolute Gasteiger partial charge is 0.00782 e. The van der Waals surface area contributed by atoms with Gasteiger partial charge in [-0.3, -0.25) is 0 Å². The minimum atomic E-state index is 0.272. The fourth-order valence-corrected chi connectivity index (χ4v) is 3.12. The van der Waals surface area contributed by atoms with Crippen LogP contribution in [0.2, 0.25) is 0 Å². The number of aryl methyl sites for hydroxylation is 2. The van der Waals surface area contributed by atoms with E-state index >= 15 is 0 Å². The van der Waals surface area contributed by atoms with E-state index in [9.17, 15) is 0 Å². The van der Waals surface area contributed by atoms with Crippen molar-refractivity contribution < 1.29 is 0 Å². The minimum absolute atomic E-state index is 0.272. The molecule has 1 heteroatoms. The second kappa shape index (κ2) is 4.58. The molecule has 0 aromatic heterocycles. The third kappa shape index (κ3) is 2.01. The molecule has 16 heavy (non-hydrogen) atoms. The van der Waals surface area contributed by atoms with Crippen molar-refractivity contribution in [3.05, 3.63) is 34.9 Å². The minimum Gasteiger partial charge on any atom is -0.330 e. The fraction of sp³-hybridized carbons (Fsp3) is 0.600. The summed E-state index contributed by atoms with van der Waals surface area (Å²) in [4.78, 5) is 0. The van der Waals surface area contributed by atoms with Crippen LogP contribution in [0.4, 0.5) is 0 Å². The summed E-state index contributed by atoms with van der Waals surface area (Å²) in [7, 11) is 0. The molecule has 1 fully saturated rings. The Morgan fingerprint density at radius 3 is 2.44 bits per heavy atom. The van der Waals surface area contributed by atoms with Crippen molar-refractivity contribution in [3.8, 4) is 0 Å². The van der Waals surface area contributed by atoms with Gasteiger partial charge in [-0.15, -0.1) is 0 Å². The molecule has 1 nitrogen and oxygen atoms in total. The Kier molecular flexibility index (Phi) is 3.34. The molecule has 2 rings (SSSR count). The van der Waals surface area contributed by atoms with E-state index in [0.29, 0.717) is 0 Å². The molecule has 1 aliphatic carbocycles. The van der Waals surface area contributed by atoms with Gasteiger partial charge in [0.15, 0.2) is 0 Å². The third-order valence-electron chi connectivity index (χ3n) is 4.17. The third-order valence-corrected chi connectivity index (χ3v) is 4.17. The Morgan fingerprint density at radius 2 is 1.81 bits per heavy atom. The van der Waals surface area contributed by atoms with Crippen LogP contribution in [0.15, 0.2) is 18.2 Å². The second-order valence-electron chi connectivity index (χ2n) is 5.36. The van der Waals surface area contributed by atoms with Gasteiger partial charge in [0.05, 0.1) is 0 Å². The summed E-state index contributed by atoms with van der Waals surface area (Å²) in [6.45, 7) is 5.20. The SMILES string of the molecule is Cc1ccc(C)c(C2(CN)CCCCC2)c1. The van der Waals surface area contributed by atoms with Gasteiger partial charge in [-0.05, 0) is 37.8 Å². The van der Waals surface area contributed by atoms with E-state index in [4.69, 9.17) is 5.73 Å². The van der Waals surface area contributed by atoms with Crippen LogP contribution in [-0.4, -0.2) is 6.54 Å². The van der Waals surface area contributed by atoms with Crippen LogP contribution in [-0.2, 0) is 5.41 Å². The molecule has 2 N–H and O–H groups in total. The zero-order valence-electron chi connectivity index (χ0n) is 10.6. The van der Waals surface area contributed by atoms with E-state index in [2.05, 4.69) is 32.0 Å². The lowest BCUT2D eigenvalue weighted by molar-refractivity contribution is 0.299. The quantitative estimate of drug-likeness (QED) is 0.806. The van der Waals surface area contributed by atoms with Crippen molar-refractivity contribution in [3.63, 3.8) is 0 Å². The molecule has 0 aliphatic heterocycles. The van der Waals surface area contributed by atoms with E-state index < -0.39 is 0 Å². The zero-order chi connectivity index (χ0) is 11.6. The Bertz CT molecular complexity index is 362. The van der Waals surface area contributed by atoms with Gasteiger partial charge in [-0.2, -0.15) is 0 Å². The van der Waals surface area contributed by atoms with E-state index in [-0.39, 0.29) is 5.41 Å². The summed E-state index contributed by atoms with van der Waals surface area (Å²) < 4.78 is 0. The van der Waals surface area contributed by atoms with Crippen LogP contribution >= 0.6 is 0 Å². The lowest BCUT2D eigenvalue weighted by Gasteiger charge is -2.38. The summed E-state index contributed by atoms with van der Waals surface area (Å²) in [6, 6.07) is 6.80. The second-order valence-corrected chi connectivity index (χ2v) is 5.36. The molecule has 88 valence electrons. The standard InChI is InChI=1S/C15H23N/c1-12-6-7-13(2)14(10-12)15(11-16)8-4-3-5-9-15/h6-7,10H,3-5,8-9,11,16H2,1-2H3. The van der Waals surface area contributed by atoms with Crippen molar-refractivity contribution in [2.45, 2.75) is 51.4 Å². The first kappa shape index (κ1) is 11.7. The first-order valence-electron chi connectivity index (χ1n) is 6.46. The van der Waals surface area contributed by atoms with Gasteiger partial charge in [0, 0.05) is 12.0 Å². The highest BCUT2D eigenvalue weighted by molar-refractivity contribution is 5.37. The van der Waals surface area contributed by atoms with Crippen molar-refractivity contribution >= 4 is 0 Å². The van der Waals surface area contributed by atoms with Crippen LogP contribution in [0.1, 0.15) is 48.8 Å². The summed E-state index contributed by atoms with van der Waals surface area (Å²) in [5, 5.41) is 0. The maximum atomic E-state index is 6.09. The molecule has 0 radical (unpaired) electrons. The summed E-state index contributed by atoms with van der Waals surface area (Å²) >= 11 is 0. The zero-order valence-corrected chi connectivity index (χ0v) is 10.6. The lowest BCUT2D eigenvalue weighted by Crippen LogP contribution is -2.37. The first-order valence-corrected chi connectivity index (χ1v) is 6.46. The Labute approximate surface area is 99.0 Å². The molecule has 0 unspecified atom stereocenters. The number of hydrogen-bond acceptors (Lipinski definition) is 1. The van der Waals surface area contributed by atoms with Gasteiger partial charge < -0.3 is 5.73 Å². The van der Waals surface area contributed by atoms with Crippen LogP contribution in [0, 0.1) is 13.8 Å². The largest absolute Gasteiger partial charge is 0.330 e. The lowest BCUT2D eigenvalue weighted by atomic mass is 9.68. The molecule has 1 aromatic rings. The molecule has 0 spiro atoms. The Balaban J connectivity index is 2.42. The molecule has 0 saturated heterocycles. The maximum Gasteiger partial charge on any atom is 0.00782 e. The van der Waals surface area contributed by atoms with E-state index in [1.54, 1.807) is 0 Å². The molecule has 1 aromatic carbocycles. The highest BCUT2D eigenvalue weighted by Crippen LogP contribution is 2.40. The molecular weight excluding hydrogens is 194 g/mol. The normalized spacial score (nSPS) is 19.7. The number of rotatable bonds is 2. The van der Waals surface area contributed by atoms with Gasteiger partial charge in [-0.1, -0.05) is 43.0 Å². The average Bonchev–Trinajstić information content (AvgIpc) is 2.33. The predicted octanol–water partition coefficient (Wildman–Crippen LogP) is 3.46. The Morgan fingerprint density at radius 1 is 1.12 bits per heavy atom. The number of nitrogens with two attached hydrogens (primary N) is 1. The molecule has 0 heterocycles. The fourth-order valence-electron chi connectivity index (χ4n) is 3.12. The van der Waals surface area contributed by atoms with Crippen molar-refractivity contribution in [2.75, 3.05) is 6.54 Å². The van der Waals surface area contributed by atoms with Gasteiger partial charge in [0.25, 0.3) is 0 Å². The first-order chi connectivity index (χ1) is 7.68. The molecular formula is C15H23N. The van der Waals surface area contributed by atoms with Gasteiger partial charge in [-0.25, -0.2) is 0 Å². The molecule has 1 saturated carbocycles. The van der Waals surface area contributed by atoms with Crippen molar-refractivity contribution in [1.29, 1.82) is 0 Å². The Hall–Kier alpha value is -0.820. The van der Waals surface area contributed by atoms with Gasteiger partial charge in [0.2, 0.25) is 0 Å². The van der Waals surface area contributed by atoms with Crippen LogP contribution in [0.25, 0.3) is 0 Å². The van der Waals surface area contributed by atoms with Crippen molar-refractivity contribution in [2.24, 2.45) is 5.73 Å². The van der Waals surface area contributed by atoms with Gasteiger partial charge >= 0.3 is 0 Å². The average molecular weight is 217 g/mol. The summed E-state index contributed by atoms with van der Waals surface area (Å²) in [5.41, 5.74) is 10.6. The van der Waals surface area contributed by atoms with Gasteiger partial charge in [0.1, 0.15) is 0 Å². The molecule has 0 amide bonds. The molecule has 1 aliphatic rings. The summed E-state index contributed by atoms with van der Waals surface area (Å²) in [5.74, 6) is 0. The highest BCUT2D eigenvalue weighted by atomic mass is 14.6. The van der Waals surface area contributed by atoms with Crippen LogP contribution in [0.3, 0.4) is 0 Å². The highest BCUT2D eigenvalue weighted by Gasteiger charge is 2.33. The van der Waals surface area contributed by atoms with Crippen LogP contribution in [0.5, 0.6) is 0 Å². The van der Waals surface area contributed by atoms with Crippen LogP contribution < -0.4 is 5.73 Å². The van der Waals surface area contributed by atoms with E-state index in [1.807, 2.05) is 0 Å². The number of benzene rings is 1. The van der Waals surface area contributed by atoms with E-state index in [0.717, 1.165) is 6.54 Å². The summed E-state index contributed by atoms with van der Waals surface area (Å²) in [6.07, 6.45) is 6.60. The van der Waals surface area contributed by atoms with Crippen molar-refractivity contribution in [1.82, 2.24) is 0 Å². The predicted molar refractivity (Wildman–Crippen MR) is 69.7 cm³/mol. The monoisotopic (exact) mass is 217 g/mol.